The molecule has 0 radical (unpaired) electrons. The molecule has 0 saturated heterocycles. The summed E-state index contributed by atoms with van der Waals surface area (Å²) in [4.78, 5) is 0. The number of nitrogens with one attached hydrogen (secondary N) is 1. The normalized spacial score (nSPS) is 12.4. The quantitative estimate of drug-likeness (QED) is 0.813. The number of nitrogens with zero attached hydrogens (tertiary/aromatic N) is 2. The largest absolute Gasteiger partial charge is 0.435 e. The average Bonchev–Trinajstić information content (AvgIpc) is 2.54. The van der Waals surface area contributed by atoms with Gasteiger partial charge >= 0.3 is 6.18 Å². The Balaban J connectivity index is 2.52. The van der Waals surface area contributed by atoms with E-state index in [9.17, 15) is 13.2 Å². The maximum Gasteiger partial charge on any atom is 0.435 e. The molecule has 3 nitrogen and oxygen atoms in total. The number of aryl methyl sites for hydroxylation is 1. The zero-order valence-electron chi connectivity index (χ0n) is 10.3. The third-order valence-electron chi connectivity index (χ3n) is 2.47. The van der Waals surface area contributed by atoms with Crippen LogP contribution in [0.4, 0.5) is 13.2 Å². The summed E-state index contributed by atoms with van der Waals surface area (Å²) in [5, 5.41) is 6.56. The van der Waals surface area contributed by atoms with Crippen molar-refractivity contribution in [2.75, 3.05) is 6.54 Å². The number of rotatable bonds is 5. The highest BCUT2D eigenvalue weighted by molar-refractivity contribution is 5.12. The Morgan fingerprint density at radius 3 is 2.53 bits per heavy atom. The molecule has 0 aliphatic rings. The van der Waals surface area contributed by atoms with Crippen LogP contribution >= 0.6 is 0 Å². The number of hydrogen-bond donors (Lipinski definition) is 1. The van der Waals surface area contributed by atoms with Crippen LogP contribution in [0.1, 0.15) is 31.7 Å². The van der Waals surface area contributed by atoms with Gasteiger partial charge in [0.05, 0.1) is 5.69 Å². The molecule has 1 aromatic heterocycles. The first-order valence-corrected chi connectivity index (χ1v) is 5.61. The second-order valence-electron chi connectivity index (χ2n) is 4.50. The van der Waals surface area contributed by atoms with Crippen LogP contribution in [0.2, 0.25) is 0 Å². The van der Waals surface area contributed by atoms with E-state index in [1.165, 1.54) is 11.7 Å². The Morgan fingerprint density at radius 1 is 1.41 bits per heavy atom. The minimum absolute atomic E-state index is 0.409. The van der Waals surface area contributed by atoms with Crippen molar-refractivity contribution in [1.29, 1.82) is 0 Å². The van der Waals surface area contributed by atoms with Crippen LogP contribution in [0.3, 0.4) is 0 Å². The van der Waals surface area contributed by atoms with Crippen molar-refractivity contribution in [3.05, 3.63) is 17.5 Å². The maximum absolute atomic E-state index is 12.4. The molecular formula is C11H18F3N3. The summed E-state index contributed by atoms with van der Waals surface area (Å²) < 4.78 is 38.4. The zero-order chi connectivity index (χ0) is 13.1. The van der Waals surface area contributed by atoms with E-state index in [4.69, 9.17) is 0 Å². The van der Waals surface area contributed by atoms with Crippen LogP contribution in [-0.2, 0) is 19.8 Å². The van der Waals surface area contributed by atoms with Crippen molar-refractivity contribution < 1.29 is 13.2 Å². The van der Waals surface area contributed by atoms with Crippen molar-refractivity contribution in [2.45, 2.75) is 33.0 Å². The van der Waals surface area contributed by atoms with Gasteiger partial charge in [0.2, 0.25) is 0 Å². The molecule has 1 N–H and O–H groups in total. The highest BCUT2D eigenvalue weighted by Gasteiger charge is 2.34. The monoisotopic (exact) mass is 249 g/mol. The molecule has 6 heteroatoms. The first-order chi connectivity index (χ1) is 7.80. The lowest BCUT2D eigenvalue weighted by atomic mass is 10.1. The van der Waals surface area contributed by atoms with E-state index < -0.39 is 11.9 Å². The lowest BCUT2D eigenvalue weighted by molar-refractivity contribution is -0.141. The summed E-state index contributed by atoms with van der Waals surface area (Å²) in [7, 11) is 1.52. The fraction of sp³-hybridized carbons (Fsp3) is 0.727. The molecule has 98 valence electrons. The molecule has 0 fully saturated rings. The molecular weight excluding hydrogens is 231 g/mol. The van der Waals surface area contributed by atoms with Crippen molar-refractivity contribution in [3.8, 4) is 0 Å². The van der Waals surface area contributed by atoms with Crippen molar-refractivity contribution in [2.24, 2.45) is 13.0 Å². The van der Waals surface area contributed by atoms with Gasteiger partial charge in [0.15, 0.2) is 5.69 Å². The molecule has 0 aliphatic carbocycles. The van der Waals surface area contributed by atoms with E-state index in [1.54, 1.807) is 0 Å². The lowest BCUT2D eigenvalue weighted by Crippen LogP contribution is -2.18. The predicted molar refractivity (Wildman–Crippen MR) is 59.4 cm³/mol. The fourth-order valence-corrected chi connectivity index (χ4v) is 1.42. The molecule has 17 heavy (non-hydrogen) atoms. The SMILES string of the molecule is CC(C)CCNCc1cc(C(F)(F)F)nn1C. The van der Waals surface area contributed by atoms with Gasteiger partial charge in [-0.15, -0.1) is 0 Å². The predicted octanol–water partition coefficient (Wildman–Crippen LogP) is 2.57. The van der Waals surface area contributed by atoms with Gasteiger partial charge in [-0.05, 0) is 24.9 Å². The molecule has 0 saturated carbocycles. The molecule has 0 atom stereocenters. The summed E-state index contributed by atoms with van der Waals surface area (Å²) in [5.41, 5.74) is -0.290. The van der Waals surface area contributed by atoms with Crippen LogP contribution in [0.5, 0.6) is 0 Å². The van der Waals surface area contributed by atoms with Crippen LogP contribution in [0.25, 0.3) is 0 Å². The summed E-state index contributed by atoms with van der Waals surface area (Å²) >= 11 is 0. The van der Waals surface area contributed by atoms with E-state index in [0.29, 0.717) is 18.2 Å². The Morgan fingerprint density at radius 2 is 2.06 bits per heavy atom. The summed E-state index contributed by atoms with van der Waals surface area (Å²) in [6.07, 6.45) is -3.36. The Bertz CT molecular complexity index is 355. The van der Waals surface area contributed by atoms with Gasteiger partial charge in [0, 0.05) is 13.6 Å². The molecule has 1 aromatic rings. The third-order valence-corrected chi connectivity index (χ3v) is 2.47. The van der Waals surface area contributed by atoms with Gasteiger partial charge in [0.1, 0.15) is 0 Å². The molecule has 1 heterocycles. The van der Waals surface area contributed by atoms with Crippen molar-refractivity contribution in [1.82, 2.24) is 15.1 Å². The first kappa shape index (κ1) is 14.0. The van der Waals surface area contributed by atoms with E-state index in [0.717, 1.165) is 19.0 Å². The minimum Gasteiger partial charge on any atom is -0.311 e. The van der Waals surface area contributed by atoms with Crippen LogP contribution in [-0.4, -0.2) is 16.3 Å². The summed E-state index contributed by atoms with van der Waals surface area (Å²) in [5.74, 6) is 0.583. The summed E-state index contributed by atoms with van der Waals surface area (Å²) in [6, 6.07) is 1.09. The average molecular weight is 249 g/mol. The molecule has 0 unspecified atom stereocenters. The molecule has 0 spiro atoms. The van der Waals surface area contributed by atoms with Crippen LogP contribution < -0.4 is 5.32 Å². The van der Waals surface area contributed by atoms with Gasteiger partial charge in [-0.1, -0.05) is 13.8 Å². The van der Waals surface area contributed by atoms with Gasteiger partial charge in [-0.2, -0.15) is 18.3 Å². The van der Waals surface area contributed by atoms with Gasteiger partial charge < -0.3 is 5.32 Å². The highest BCUT2D eigenvalue weighted by atomic mass is 19.4. The van der Waals surface area contributed by atoms with Gasteiger partial charge in [-0.3, -0.25) is 4.68 Å². The number of alkyl halides is 3. The van der Waals surface area contributed by atoms with Crippen molar-refractivity contribution in [3.63, 3.8) is 0 Å². The standard InChI is InChI=1S/C11H18F3N3/c1-8(2)4-5-15-7-9-6-10(11(12,13)14)16-17(9)3/h6,8,15H,4-5,7H2,1-3H3. The minimum atomic E-state index is -4.37. The number of aromatic nitrogens is 2. The van der Waals surface area contributed by atoms with Crippen LogP contribution in [0.15, 0.2) is 6.07 Å². The van der Waals surface area contributed by atoms with E-state index in [1.807, 2.05) is 0 Å². The smallest absolute Gasteiger partial charge is 0.311 e. The Kier molecular flexibility index (Phi) is 4.56. The van der Waals surface area contributed by atoms with E-state index in [-0.39, 0.29) is 0 Å². The van der Waals surface area contributed by atoms with E-state index >= 15 is 0 Å². The van der Waals surface area contributed by atoms with Gasteiger partial charge in [0.25, 0.3) is 0 Å². The Labute approximate surface area is 99.0 Å². The third kappa shape index (κ3) is 4.38. The second-order valence-corrected chi connectivity index (χ2v) is 4.50. The molecule has 0 amide bonds. The van der Waals surface area contributed by atoms with Gasteiger partial charge in [-0.25, -0.2) is 0 Å². The first-order valence-electron chi connectivity index (χ1n) is 5.61. The van der Waals surface area contributed by atoms with E-state index in [2.05, 4.69) is 24.3 Å². The molecule has 0 aliphatic heterocycles. The number of hydrogen-bond acceptors (Lipinski definition) is 2. The number of halogens is 3. The highest BCUT2D eigenvalue weighted by Crippen LogP contribution is 2.28. The lowest BCUT2D eigenvalue weighted by Gasteiger charge is -2.06. The van der Waals surface area contributed by atoms with Crippen LogP contribution in [0, 0.1) is 5.92 Å². The summed E-state index contributed by atoms with van der Waals surface area (Å²) in [6.45, 7) is 5.41. The maximum atomic E-state index is 12.4. The van der Waals surface area contributed by atoms with Crippen molar-refractivity contribution >= 4 is 0 Å². The molecule has 0 bridgehead atoms. The topological polar surface area (TPSA) is 29.9 Å². The second kappa shape index (κ2) is 5.53. The fourth-order valence-electron chi connectivity index (χ4n) is 1.42. The molecule has 1 rings (SSSR count). The molecule has 0 aromatic carbocycles. The Hall–Kier alpha value is -1.04. The zero-order valence-corrected chi connectivity index (χ0v) is 10.3.